The van der Waals surface area contributed by atoms with Crippen molar-refractivity contribution in [3.63, 3.8) is 0 Å². The summed E-state index contributed by atoms with van der Waals surface area (Å²) >= 11 is 0. The third kappa shape index (κ3) is 4.71. The maximum Gasteiger partial charge on any atom is 0.339 e. The summed E-state index contributed by atoms with van der Waals surface area (Å²) in [5.41, 5.74) is 1.46. The van der Waals surface area contributed by atoms with Gasteiger partial charge >= 0.3 is 5.97 Å². The first-order chi connectivity index (χ1) is 13.9. The van der Waals surface area contributed by atoms with E-state index in [4.69, 9.17) is 4.74 Å². The van der Waals surface area contributed by atoms with E-state index in [1.165, 1.54) is 25.1 Å². The van der Waals surface area contributed by atoms with Crippen LogP contribution in [0.4, 0.5) is 11.4 Å². The summed E-state index contributed by atoms with van der Waals surface area (Å²) in [6.07, 6.45) is -0.967. The molecule has 1 atom stereocenters. The van der Waals surface area contributed by atoms with Gasteiger partial charge in [-0.3, -0.25) is 14.9 Å². The van der Waals surface area contributed by atoms with Gasteiger partial charge < -0.3 is 14.5 Å². The monoisotopic (exact) mass is 397 g/mol. The van der Waals surface area contributed by atoms with Crippen LogP contribution in [0.1, 0.15) is 22.8 Å². The minimum atomic E-state index is -0.967. The highest BCUT2D eigenvalue weighted by Crippen LogP contribution is 2.21. The molecular formula is C21H23N3O5. The first-order valence-electron chi connectivity index (χ1n) is 9.41. The topological polar surface area (TPSA) is 93.0 Å². The Morgan fingerprint density at radius 1 is 1.07 bits per heavy atom. The molecule has 0 aromatic heterocycles. The first-order valence-corrected chi connectivity index (χ1v) is 9.41. The molecular weight excluding hydrogens is 374 g/mol. The molecule has 0 bridgehead atoms. The summed E-state index contributed by atoms with van der Waals surface area (Å²) in [5, 5.41) is 11.1. The molecule has 0 saturated carbocycles. The molecule has 0 N–H and O–H groups in total. The van der Waals surface area contributed by atoms with E-state index in [1.54, 1.807) is 11.8 Å². The number of aryl methyl sites for hydroxylation is 1. The standard InChI is InChI=1S/C21H23N3O5/c1-15-8-9-17(14-19(15)24(27)28)21(26)29-16(2)20(25)23-12-10-22(11-13-23)18-6-4-3-5-7-18/h3-9,14,16H,10-13H2,1-2H3/t16-/m1/s1. The number of nitrogens with zero attached hydrogens (tertiary/aromatic N) is 3. The molecule has 8 heteroatoms. The molecule has 152 valence electrons. The zero-order chi connectivity index (χ0) is 21.0. The van der Waals surface area contributed by atoms with Crippen molar-refractivity contribution in [2.45, 2.75) is 20.0 Å². The lowest BCUT2D eigenvalue weighted by Gasteiger charge is -2.37. The fraction of sp³-hybridized carbons (Fsp3) is 0.333. The van der Waals surface area contributed by atoms with Crippen molar-refractivity contribution in [3.8, 4) is 0 Å². The predicted octanol–water partition coefficient (Wildman–Crippen LogP) is 2.80. The van der Waals surface area contributed by atoms with Gasteiger partial charge in [-0.2, -0.15) is 0 Å². The minimum Gasteiger partial charge on any atom is -0.449 e. The second-order valence-corrected chi connectivity index (χ2v) is 6.95. The van der Waals surface area contributed by atoms with E-state index >= 15 is 0 Å². The molecule has 1 amide bonds. The molecule has 8 nitrogen and oxygen atoms in total. The Kier molecular flexibility index (Phi) is 6.11. The number of anilines is 1. The van der Waals surface area contributed by atoms with Crippen LogP contribution < -0.4 is 4.90 Å². The van der Waals surface area contributed by atoms with Crippen molar-refractivity contribution in [1.82, 2.24) is 4.90 Å². The molecule has 3 rings (SSSR count). The molecule has 0 unspecified atom stereocenters. The van der Waals surface area contributed by atoms with E-state index in [1.807, 2.05) is 30.3 Å². The number of piperazine rings is 1. The number of nitro groups is 1. The summed E-state index contributed by atoms with van der Waals surface area (Å²) in [5.74, 6) is -1.02. The number of hydrogen-bond acceptors (Lipinski definition) is 6. The number of esters is 1. The number of ether oxygens (including phenoxy) is 1. The van der Waals surface area contributed by atoms with Gasteiger partial charge in [0.05, 0.1) is 10.5 Å². The van der Waals surface area contributed by atoms with Gasteiger partial charge in [0.1, 0.15) is 0 Å². The van der Waals surface area contributed by atoms with Crippen molar-refractivity contribution in [3.05, 3.63) is 69.8 Å². The van der Waals surface area contributed by atoms with Crippen LogP contribution in [0.3, 0.4) is 0 Å². The first kappa shape index (κ1) is 20.3. The van der Waals surface area contributed by atoms with E-state index < -0.39 is 17.0 Å². The zero-order valence-corrected chi connectivity index (χ0v) is 16.4. The summed E-state index contributed by atoms with van der Waals surface area (Å²) < 4.78 is 5.27. The van der Waals surface area contributed by atoms with Crippen LogP contribution in [-0.2, 0) is 9.53 Å². The van der Waals surface area contributed by atoms with Crippen LogP contribution in [-0.4, -0.2) is 54.0 Å². The Morgan fingerprint density at radius 3 is 2.34 bits per heavy atom. The van der Waals surface area contributed by atoms with Crippen molar-refractivity contribution in [1.29, 1.82) is 0 Å². The summed E-state index contributed by atoms with van der Waals surface area (Å²) in [7, 11) is 0. The Hall–Kier alpha value is -3.42. The second kappa shape index (κ2) is 8.72. The summed E-state index contributed by atoms with van der Waals surface area (Å²) in [6, 6.07) is 14.1. The van der Waals surface area contributed by atoms with Crippen LogP contribution in [0.25, 0.3) is 0 Å². The number of nitro benzene ring substituents is 1. The molecule has 1 heterocycles. The summed E-state index contributed by atoms with van der Waals surface area (Å²) in [6.45, 7) is 5.57. The Labute approximate surface area is 168 Å². The van der Waals surface area contributed by atoms with Crippen LogP contribution >= 0.6 is 0 Å². The van der Waals surface area contributed by atoms with Gasteiger partial charge in [0.15, 0.2) is 6.10 Å². The van der Waals surface area contributed by atoms with E-state index in [9.17, 15) is 19.7 Å². The highest BCUT2D eigenvalue weighted by atomic mass is 16.6. The van der Waals surface area contributed by atoms with Crippen molar-refractivity contribution < 1.29 is 19.2 Å². The molecule has 1 fully saturated rings. The SMILES string of the molecule is Cc1ccc(C(=O)O[C@H](C)C(=O)N2CCN(c3ccccc3)CC2)cc1[N+](=O)[O-]. The number of amides is 1. The normalized spacial score (nSPS) is 15.0. The van der Waals surface area contributed by atoms with E-state index in [0.29, 0.717) is 31.7 Å². The predicted molar refractivity (Wildman–Crippen MR) is 108 cm³/mol. The molecule has 1 aliphatic heterocycles. The molecule has 1 aliphatic rings. The van der Waals surface area contributed by atoms with Crippen LogP contribution in [0.2, 0.25) is 0 Å². The maximum absolute atomic E-state index is 12.7. The van der Waals surface area contributed by atoms with Gasteiger partial charge in [-0.1, -0.05) is 24.3 Å². The minimum absolute atomic E-state index is 0.0517. The van der Waals surface area contributed by atoms with Gasteiger partial charge in [0, 0.05) is 43.5 Å². The van der Waals surface area contributed by atoms with Gasteiger partial charge in [-0.05, 0) is 32.0 Å². The van der Waals surface area contributed by atoms with Crippen LogP contribution in [0, 0.1) is 17.0 Å². The lowest BCUT2D eigenvalue weighted by Crippen LogP contribution is -2.51. The molecule has 2 aromatic carbocycles. The third-order valence-electron chi connectivity index (χ3n) is 4.99. The average Bonchev–Trinajstić information content (AvgIpc) is 2.74. The third-order valence-corrected chi connectivity index (χ3v) is 4.99. The lowest BCUT2D eigenvalue weighted by atomic mass is 10.1. The second-order valence-electron chi connectivity index (χ2n) is 6.95. The molecule has 0 aliphatic carbocycles. The number of para-hydroxylation sites is 1. The van der Waals surface area contributed by atoms with E-state index in [-0.39, 0.29) is 17.2 Å². The number of rotatable bonds is 5. The molecule has 0 radical (unpaired) electrons. The Bertz CT molecular complexity index is 908. The van der Waals surface area contributed by atoms with Crippen molar-refractivity contribution in [2.24, 2.45) is 0 Å². The van der Waals surface area contributed by atoms with E-state index in [0.717, 1.165) is 5.69 Å². The highest BCUT2D eigenvalue weighted by Gasteiger charge is 2.28. The number of hydrogen-bond donors (Lipinski definition) is 0. The number of benzene rings is 2. The lowest BCUT2D eigenvalue weighted by molar-refractivity contribution is -0.385. The van der Waals surface area contributed by atoms with Crippen molar-refractivity contribution >= 4 is 23.3 Å². The molecule has 0 spiro atoms. The van der Waals surface area contributed by atoms with E-state index in [2.05, 4.69) is 4.90 Å². The zero-order valence-electron chi connectivity index (χ0n) is 16.4. The fourth-order valence-electron chi connectivity index (χ4n) is 3.29. The van der Waals surface area contributed by atoms with Crippen molar-refractivity contribution in [2.75, 3.05) is 31.1 Å². The van der Waals surface area contributed by atoms with Gasteiger partial charge in [-0.15, -0.1) is 0 Å². The van der Waals surface area contributed by atoms with Gasteiger partial charge in [0.25, 0.3) is 11.6 Å². The Morgan fingerprint density at radius 2 is 1.72 bits per heavy atom. The maximum atomic E-state index is 12.7. The average molecular weight is 397 g/mol. The fourth-order valence-corrected chi connectivity index (χ4v) is 3.29. The number of carbonyl (C=O) groups is 2. The molecule has 29 heavy (non-hydrogen) atoms. The smallest absolute Gasteiger partial charge is 0.339 e. The largest absolute Gasteiger partial charge is 0.449 e. The quantitative estimate of drug-likeness (QED) is 0.438. The molecule has 2 aromatic rings. The van der Waals surface area contributed by atoms with Gasteiger partial charge in [0.2, 0.25) is 0 Å². The summed E-state index contributed by atoms with van der Waals surface area (Å²) in [4.78, 5) is 39.4. The Balaban J connectivity index is 1.58. The van der Waals surface area contributed by atoms with Crippen LogP contribution in [0.15, 0.2) is 48.5 Å². The highest BCUT2D eigenvalue weighted by molar-refractivity contribution is 5.93. The number of carbonyl (C=O) groups excluding carboxylic acids is 2. The van der Waals surface area contributed by atoms with Crippen LogP contribution in [0.5, 0.6) is 0 Å². The molecule has 1 saturated heterocycles. The van der Waals surface area contributed by atoms with Gasteiger partial charge in [-0.25, -0.2) is 4.79 Å².